The minimum atomic E-state index is -1.03. The number of rotatable bonds is 3. The van der Waals surface area contributed by atoms with Crippen molar-refractivity contribution >= 4 is 28.2 Å². The number of carboxylic acids is 1. The Morgan fingerprint density at radius 2 is 2.10 bits per heavy atom. The van der Waals surface area contributed by atoms with Crippen LogP contribution in [0, 0.1) is 0 Å². The fraction of sp³-hybridized carbons (Fsp3) is 0.0667. The molecule has 0 spiro atoms. The first-order valence-electron chi connectivity index (χ1n) is 6.00. The van der Waals surface area contributed by atoms with Crippen LogP contribution in [0.4, 0.5) is 0 Å². The summed E-state index contributed by atoms with van der Waals surface area (Å²) in [7, 11) is 0. The van der Waals surface area contributed by atoms with E-state index in [1.807, 2.05) is 24.3 Å². The van der Waals surface area contributed by atoms with Crippen molar-refractivity contribution in [2.45, 2.75) is 6.10 Å². The van der Waals surface area contributed by atoms with Gasteiger partial charge in [-0.25, -0.2) is 4.79 Å². The van der Waals surface area contributed by atoms with Crippen molar-refractivity contribution in [3.8, 4) is 0 Å². The summed E-state index contributed by atoms with van der Waals surface area (Å²) >= 11 is 1.24. The molecule has 0 aliphatic carbocycles. The maximum atomic E-state index is 11.1. The molecule has 0 bridgehead atoms. The largest absolute Gasteiger partial charge is 0.478 e. The maximum Gasteiger partial charge on any atom is 0.336 e. The first-order chi connectivity index (χ1) is 9.66. The molecule has 2 heterocycles. The van der Waals surface area contributed by atoms with Gasteiger partial charge in [-0.05, 0) is 35.2 Å². The van der Waals surface area contributed by atoms with Gasteiger partial charge < -0.3 is 10.2 Å². The fourth-order valence-electron chi connectivity index (χ4n) is 2.12. The summed E-state index contributed by atoms with van der Waals surface area (Å²) in [5.41, 5.74) is 1.65. The molecule has 0 saturated carbocycles. The van der Waals surface area contributed by atoms with Crippen LogP contribution >= 0.6 is 11.3 Å². The van der Waals surface area contributed by atoms with Gasteiger partial charge in [0.15, 0.2) is 0 Å². The molecule has 3 rings (SSSR count). The Balaban J connectivity index is 2.05. The molecule has 0 fully saturated rings. The number of carbonyl (C=O) groups is 1. The number of thiophene rings is 1. The van der Waals surface area contributed by atoms with E-state index in [0.29, 0.717) is 10.4 Å². The van der Waals surface area contributed by atoms with Crippen molar-refractivity contribution in [1.29, 1.82) is 0 Å². The van der Waals surface area contributed by atoms with Crippen molar-refractivity contribution in [2.75, 3.05) is 0 Å². The van der Waals surface area contributed by atoms with Gasteiger partial charge in [0.1, 0.15) is 6.10 Å². The summed E-state index contributed by atoms with van der Waals surface area (Å²) in [5.74, 6) is -1.03. The molecule has 5 heteroatoms. The monoisotopic (exact) mass is 285 g/mol. The molecule has 0 aliphatic rings. The molecule has 0 amide bonds. The number of aliphatic hydroxyl groups is 1. The molecular formula is C15H11NO3S. The van der Waals surface area contributed by atoms with Crippen LogP contribution in [-0.2, 0) is 0 Å². The minimum absolute atomic E-state index is 0.147. The number of pyridine rings is 1. The van der Waals surface area contributed by atoms with Crippen molar-refractivity contribution in [3.63, 3.8) is 0 Å². The van der Waals surface area contributed by atoms with Gasteiger partial charge in [0.2, 0.25) is 0 Å². The quantitative estimate of drug-likeness (QED) is 0.776. The van der Waals surface area contributed by atoms with Crippen LogP contribution in [0.5, 0.6) is 0 Å². The molecule has 20 heavy (non-hydrogen) atoms. The van der Waals surface area contributed by atoms with E-state index in [0.717, 1.165) is 10.9 Å². The first kappa shape index (κ1) is 12.8. The van der Waals surface area contributed by atoms with E-state index in [4.69, 9.17) is 5.11 Å². The highest BCUT2D eigenvalue weighted by Crippen LogP contribution is 2.31. The maximum absolute atomic E-state index is 11.1. The van der Waals surface area contributed by atoms with Crippen LogP contribution < -0.4 is 0 Å². The molecule has 0 saturated heterocycles. The fourth-order valence-corrected chi connectivity index (χ4v) is 3.02. The summed E-state index contributed by atoms with van der Waals surface area (Å²) in [6.07, 6.45) is 0.769. The molecule has 2 N–H and O–H groups in total. The van der Waals surface area contributed by atoms with Gasteiger partial charge in [0.05, 0.1) is 16.0 Å². The lowest BCUT2D eigenvalue weighted by Crippen LogP contribution is -2.04. The van der Waals surface area contributed by atoms with Crippen LogP contribution in [-0.4, -0.2) is 21.2 Å². The minimum Gasteiger partial charge on any atom is -0.478 e. The highest BCUT2D eigenvalue weighted by atomic mass is 32.1. The average Bonchev–Trinajstić information content (AvgIpc) is 2.95. The molecule has 0 aliphatic heterocycles. The van der Waals surface area contributed by atoms with Gasteiger partial charge in [-0.3, -0.25) is 4.98 Å². The van der Waals surface area contributed by atoms with E-state index in [-0.39, 0.29) is 5.56 Å². The summed E-state index contributed by atoms with van der Waals surface area (Å²) in [4.78, 5) is 15.8. The van der Waals surface area contributed by atoms with Crippen molar-refractivity contribution in [3.05, 3.63) is 64.0 Å². The number of aromatic carboxylic acids is 1. The van der Waals surface area contributed by atoms with Crippen molar-refractivity contribution in [1.82, 2.24) is 4.98 Å². The molecule has 3 aromatic rings. The predicted molar refractivity (Wildman–Crippen MR) is 77.1 cm³/mol. The first-order valence-corrected chi connectivity index (χ1v) is 6.88. The normalized spacial score (nSPS) is 12.4. The van der Waals surface area contributed by atoms with Gasteiger partial charge in [-0.2, -0.15) is 0 Å². The van der Waals surface area contributed by atoms with Gasteiger partial charge in [-0.15, -0.1) is 11.3 Å². The average molecular weight is 285 g/mol. The molecular weight excluding hydrogens is 274 g/mol. The Morgan fingerprint density at radius 1 is 1.25 bits per heavy atom. The van der Waals surface area contributed by atoms with Crippen LogP contribution in [0.2, 0.25) is 0 Å². The Bertz CT molecular complexity index is 781. The molecule has 4 nitrogen and oxygen atoms in total. The lowest BCUT2D eigenvalue weighted by Gasteiger charge is -2.11. The zero-order chi connectivity index (χ0) is 14.1. The lowest BCUT2D eigenvalue weighted by molar-refractivity contribution is 0.0692. The SMILES string of the molecule is O=C(O)c1ccsc1C(O)c1ccc2ncccc2c1. The molecule has 0 radical (unpaired) electrons. The summed E-state index contributed by atoms with van der Waals surface area (Å²) < 4.78 is 0. The van der Waals surface area contributed by atoms with E-state index < -0.39 is 12.1 Å². The summed E-state index contributed by atoms with van der Waals surface area (Å²) in [5, 5.41) is 22.1. The third kappa shape index (κ3) is 2.17. The van der Waals surface area contributed by atoms with Crippen LogP contribution in [0.15, 0.2) is 48.0 Å². The van der Waals surface area contributed by atoms with Gasteiger partial charge in [-0.1, -0.05) is 12.1 Å². The number of hydrogen-bond acceptors (Lipinski definition) is 4. The highest BCUT2D eigenvalue weighted by molar-refractivity contribution is 7.10. The van der Waals surface area contributed by atoms with Crippen LogP contribution in [0.1, 0.15) is 26.9 Å². The number of aromatic nitrogens is 1. The Labute approximate surface area is 119 Å². The highest BCUT2D eigenvalue weighted by Gasteiger charge is 2.20. The number of aliphatic hydroxyl groups excluding tert-OH is 1. The number of nitrogens with zero attached hydrogens (tertiary/aromatic N) is 1. The zero-order valence-electron chi connectivity index (χ0n) is 10.4. The summed E-state index contributed by atoms with van der Waals surface area (Å²) in [6, 6.07) is 10.7. The predicted octanol–water partition coefficient (Wildman–Crippen LogP) is 3.08. The number of carboxylic acid groups (broad SMARTS) is 1. The Kier molecular flexibility index (Phi) is 3.22. The van der Waals surface area contributed by atoms with E-state index in [9.17, 15) is 9.90 Å². The third-order valence-corrected chi connectivity index (χ3v) is 4.09. The van der Waals surface area contributed by atoms with E-state index in [1.165, 1.54) is 17.4 Å². The Morgan fingerprint density at radius 3 is 2.90 bits per heavy atom. The van der Waals surface area contributed by atoms with Gasteiger partial charge in [0.25, 0.3) is 0 Å². The number of fused-ring (bicyclic) bond motifs is 1. The molecule has 100 valence electrons. The topological polar surface area (TPSA) is 70.4 Å². The van der Waals surface area contributed by atoms with E-state index in [1.54, 1.807) is 17.6 Å². The molecule has 1 unspecified atom stereocenters. The second-order valence-electron chi connectivity index (χ2n) is 4.36. The number of hydrogen-bond donors (Lipinski definition) is 2. The second kappa shape index (κ2) is 5.03. The zero-order valence-corrected chi connectivity index (χ0v) is 11.2. The van der Waals surface area contributed by atoms with Gasteiger partial charge in [0, 0.05) is 11.6 Å². The lowest BCUT2D eigenvalue weighted by atomic mass is 10.0. The van der Waals surface area contributed by atoms with Crippen LogP contribution in [0.25, 0.3) is 10.9 Å². The van der Waals surface area contributed by atoms with Crippen molar-refractivity contribution in [2.24, 2.45) is 0 Å². The third-order valence-electron chi connectivity index (χ3n) is 3.12. The van der Waals surface area contributed by atoms with Gasteiger partial charge >= 0.3 is 5.97 Å². The van der Waals surface area contributed by atoms with Crippen LogP contribution in [0.3, 0.4) is 0 Å². The van der Waals surface area contributed by atoms with E-state index >= 15 is 0 Å². The smallest absolute Gasteiger partial charge is 0.336 e. The second-order valence-corrected chi connectivity index (χ2v) is 5.31. The summed E-state index contributed by atoms with van der Waals surface area (Å²) in [6.45, 7) is 0. The van der Waals surface area contributed by atoms with E-state index in [2.05, 4.69) is 4.98 Å². The standard InChI is InChI=1S/C15H11NO3S/c17-13(14-11(15(18)19)5-7-20-14)10-3-4-12-9(8-10)2-1-6-16-12/h1-8,13,17H,(H,18,19). The van der Waals surface area contributed by atoms with Crippen molar-refractivity contribution < 1.29 is 15.0 Å². The molecule has 1 atom stereocenters. The molecule has 2 aromatic heterocycles. The molecule has 1 aromatic carbocycles. The number of benzene rings is 1. The Hall–Kier alpha value is -2.24.